The summed E-state index contributed by atoms with van der Waals surface area (Å²) >= 11 is 0. The van der Waals surface area contributed by atoms with E-state index in [0.29, 0.717) is 12.3 Å². The molecule has 3 rings (SSSR count). The van der Waals surface area contributed by atoms with Gasteiger partial charge in [-0.15, -0.1) is 0 Å². The van der Waals surface area contributed by atoms with Crippen molar-refractivity contribution in [1.29, 1.82) is 0 Å². The van der Waals surface area contributed by atoms with Crippen LogP contribution in [-0.2, 0) is 22.6 Å². The largest absolute Gasteiger partial charge is 0.481 e. The van der Waals surface area contributed by atoms with E-state index in [4.69, 9.17) is 9.47 Å². The fourth-order valence-electron chi connectivity index (χ4n) is 3.06. The number of ether oxygens (including phenoxy) is 2. The molecule has 0 radical (unpaired) electrons. The van der Waals surface area contributed by atoms with Crippen LogP contribution in [0.2, 0.25) is 0 Å². The van der Waals surface area contributed by atoms with E-state index in [2.05, 4.69) is 22.3 Å². The van der Waals surface area contributed by atoms with Crippen molar-refractivity contribution in [3.8, 4) is 5.75 Å². The summed E-state index contributed by atoms with van der Waals surface area (Å²) in [5.74, 6) is 0.588. The third-order valence-corrected chi connectivity index (χ3v) is 4.67. The van der Waals surface area contributed by atoms with Gasteiger partial charge >= 0.3 is 0 Å². The number of aryl methyl sites for hydroxylation is 1. The van der Waals surface area contributed by atoms with Gasteiger partial charge in [-0.25, -0.2) is 0 Å². The van der Waals surface area contributed by atoms with Crippen molar-refractivity contribution in [2.45, 2.75) is 33.0 Å². The predicted octanol–water partition coefficient (Wildman–Crippen LogP) is 2.91. The topological polar surface area (TPSA) is 50.8 Å². The highest BCUT2D eigenvalue weighted by Gasteiger charge is 2.15. The van der Waals surface area contributed by atoms with Gasteiger partial charge in [0.25, 0.3) is 5.91 Å². The van der Waals surface area contributed by atoms with Crippen LogP contribution < -0.4 is 10.1 Å². The zero-order valence-corrected chi connectivity index (χ0v) is 16.1. The lowest BCUT2D eigenvalue weighted by molar-refractivity contribution is -0.127. The van der Waals surface area contributed by atoms with E-state index < -0.39 is 6.10 Å². The molecule has 1 amide bonds. The SMILES string of the molecule is Cc1ccc(O[C@@H](C)C(=O)NCc2cccc(CN3CCOCC3)c2)cc1. The van der Waals surface area contributed by atoms with Gasteiger partial charge in [0.1, 0.15) is 5.75 Å². The molecular weight excluding hydrogens is 340 g/mol. The molecule has 1 aliphatic heterocycles. The van der Waals surface area contributed by atoms with Crippen LogP contribution in [0.1, 0.15) is 23.6 Å². The summed E-state index contributed by atoms with van der Waals surface area (Å²) in [6.45, 7) is 8.74. The Bertz CT molecular complexity index is 739. The first-order valence-electron chi connectivity index (χ1n) is 9.49. The van der Waals surface area contributed by atoms with E-state index in [1.807, 2.05) is 43.3 Å². The molecule has 144 valence electrons. The van der Waals surface area contributed by atoms with Crippen molar-refractivity contribution in [1.82, 2.24) is 10.2 Å². The van der Waals surface area contributed by atoms with Gasteiger partial charge in [0.05, 0.1) is 13.2 Å². The van der Waals surface area contributed by atoms with E-state index in [-0.39, 0.29) is 5.91 Å². The second-order valence-corrected chi connectivity index (χ2v) is 7.00. The third kappa shape index (κ3) is 6.08. The standard InChI is InChI=1S/C22H28N2O3/c1-17-6-8-21(9-7-17)27-18(2)22(25)23-15-19-4-3-5-20(14-19)16-24-10-12-26-13-11-24/h3-9,14,18H,10-13,15-16H2,1-2H3,(H,23,25)/t18-/m0/s1. The number of carbonyl (C=O) groups is 1. The molecule has 0 aliphatic carbocycles. The van der Waals surface area contributed by atoms with Crippen molar-refractivity contribution in [3.05, 3.63) is 65.2 Å². The first-order chi connectivity index (χ1) is 13.1. The molecule has 1 heterocycles. The molecule has 2 aromatic rings. The highest BCUT2D eigenvalue weighted by Crippen LogP contribution is 2.14. The molecule has 0 aromatic heterocycles. The van der Waals surface area contributed by atoms with Gasteiger partial charge in [-0.1, -0.05) is 42.0 Å². The maximum Gasteiger partial charge on any atom is 0.261 e. The minimum atomic E-state index is -0.538. The smallest absolute Gasteiger partial charge is 0.261 e. The summed E-state index contributed by atoms with van der Waals surface area (Å²) in [5.41, 5.74) is 3.51. The Morgan fingerprint density at radius 2 is 1.85 bits per heavy atom. The van der Waals surface area contributed by atoms with E-state index in [1.54, 1.807) is 6.92 Å². The average Bonchev–Trinajstić information content (AvgIpc) is 2.69. The Morgan fingerprint density at radius 1 is 1.15 bits per heavy atom. The van der Waals surface area contributed by atoms with Gasteiger partial charge in [-0.05, 0) is 37.1 Å². The van der Waals surface area contributed by atoms with Gasteiger partial charge < -0.3 is 14.8 Å². The van der Waals surface area contributed by atoms with Gasteiger partial charge in [0.2, 0.25) is 0 Å². The van der Waals surface area contributed by atoms with Crippen LogP contribution in [0.15, 0.2) is 48.5 Å². The van der Waals surface area contributed by atoms with Crippen molar-refractivity contribution in [2.75, 3.05) is 26.3 Å². The first kappa shape index (κ1) is 19.4. The van der Waals surface area contributed by atoms with E-state index in [0.717, 1.165) is 44.0 Å². The Kier molecular flexibility index (Phi) is 6.85. The van der Waals surface area contributed by atoms with Crippen LogP contribution in [-0.4, -0.2) is 43.2 Å². The summed E-state index contributed by atoms with van der Waals surface area (Å²) in [7, 11) is 0. The number of amides is 1. The van der Waals surface area contributed by atoms with Crippen LogP contribution in [0.5, 0.6) is 5.75 Å². The summed E-state index contributed by atoms with van der Waals surface area (Å²) in [6.07, 6.45) is -0.538. The average molecular weight is 368 g/mol. The number of hydrogen-bond acceptors (Lipinski definition) is 4. The second-order valence-electron chi connectivity index (χ2n) is 7.00. The number of rotatable bonds is 7. The van der Waals surface area contributed by atoms with E-state index in [1.165, 1.54) is 5.56 Å². The van der Waals surface area contributed by atoms with Gasteiger partial charge in [-0.2, -0.15) is 0 Å². The summed E-state index contributed by atoms with van der Waals surface area (Å²) in [4.78, 5) is 14.7. The lowest BCUT2D eigenvalue weighted by Gasteiger charge is -2.26. The third-order valence-electron chi connectivity index (χ3n) is 4.67. The monoisotopic (exact) mass is 368 g/mol. The van der Waals surface area contributed by atoms with Crippen molar-refractivity contribution >= 4 is 5.91 Å². The summed E-state index contributed by atoms with van der Waals surface area (Å²) < 4.78 is 11.1. The molecule has 1 aliphatic rings. The zero-order chi connectivity index (χ0) is 19.1. The van der Waals surface area contributed by atoms with Crippen molar-refractivity contribution in [3.63, 3.8) is 0 Å². The molecule has 2 aromatic carbocycles. The number of nitrogens with one attached hydrogen (secondary N) is 1. The molecule has 1 fully saturated rings. The molecule has 1 saturated heterocycles. The molecule has 5 heteroatoms. The molecule has 27 heavy (non-hydrogen) atoms. The molecular formula is C22H28N2O3. The fraction of sp³-hybridized carbons (Fsp3) is 0.409. The maximum absolute atomic E-state index is 12.3. The lowest BCUT2D eigenvalue weighted by atomic mass is 10.1. The number of hydrogen-bond donors (Lipinski definition) is 1. The minimum Gasteiger partial charge on any atom is -0.481 e. The number of nitrogens with zero attached hydrogens (tertiary/aromatic N) is 1. The zero-order valence-electron chi connectivity index (χ0n) is 16.1. The summed E-state index contributed by atoms with van der Waals surface area (Å²) in [5, 5.41) is 2.96. The van der Waals surface area contributed by atoms with Crippen molar-refractivity contribution in [2.24, 2.45) is 0 Å². The van der Waals surface area contributed by atoms with Gasteiger partial charge in [-0.3, -0.25) is 9.69 Å². The first-order valence-corrected chi connectivity index (χ1v) is 9.49. The van der Waals surface area contributed by atoms with Crippen molar-refractivity contribution < 1.29 is 14.3 Å². The molecule has 0 saturated carbocycles. The Hall–Kier alpha value is -2.37. The molecule has 1 N–H and O–H groups in total. The Balaban J connectivity index is 1.49. The van der Waals surface area contributed by atoms with Crippen LogP contribution in [0, 0.1) is 6.92 Å². The molecule has 0 spiro atoms. The van der Waals surface area contributed by atoms with Crippen LogP contribution in [0.3, 0.4) is 0 Å². The van der Waals surface area contributed by atoms with Gasteiger partial charge in [0.15, 0.2) is 6.10 Å². The lowest BCUT2D eigenvalue weighted by Crippen LogP contribution is -2.36. The normalized spacial score (nSPS) is 15.9. The number of morpholine rings is 1. The predicted molar refractivity (Wildman–Crippen MR) is 106 cm³/mol. The fourth-order valence-corrected chi connectivity index (χ4v) is 3.06. The Morgan fingerprint density at radius 3 is 2.59 bits per heavy atom. The maximum atomic E-state index is 12.3. The second kappa shape index (κ2) is 9.53. The number of benzene rings is 2. The highest BCUT2D eigenvalue weighted by molar-refractivity contribution is 5.80. The molecule has 0 bridgehead atoms. The van der Waals surface area contributed by atoms with Gasteiger partial charge in [0, 0.05) is 26.2 Å². The summed E-state index contributed by atoms with van der Waals surface area (Å²) in [6, 6.07) is 16.1. The van der Waals surface area contributed by atoms with Crippen LogP contribution in [0.25, 0.3) is 0 Å². The quantitative estimate of drug-likeness (QED) is 0.816. The molecule has 0 unspecified atom stereocenters. The van der Waals surface area contributed by atoms with E-state index >= 15 is 0 Å². The minimum absolute atomic E-state index is 0.117. The highest BCUT2D eigenvalue weighted by atomic mass is 16.5. The van der Waals surface area contributed by atoms with Crippen LogP contribution in [0.4, 0.5) is 0 Å². The van der Waals surface area contributed by atoms with E-state index in [9.17, 15) is 4.79 Å². The van der Waals surface area contributed by atoms with Crippen LogP contribution >= 0.6 is 0 Å². The number of carbonyl (C=O) groups excluding carboxylic acids is 1. The Labute approximate surface area is 161 Å². The molecule has 1 atom stereocenters. The molecule has 5 nitrogen and oxygen atoms in total.